The summed E-state index contributed by atoms with van der Waals surface area (Å²) in [5, 5.41) is 7.33. The summed E-state index contributed by atoms with van der Waals surface area (Å²) in [6.07, 6.45) is 13.2. The Morgan fingerprint density at radius 1 is 1.26 bits per heavy atom. The molecule has 3 rings (SSSR count). The molecule has 0 bridgehead atoms. The highest BCUT2D eigenvalue weighted by atomic mass is 16.2. The van der Waals surface area contributed by atoms with Gasteiger partial charge in [-0.1, -0.05) is 6.92 Å². The lowest BCUT2D eigenvalue weighted by molar-refractivity contribution is 0.140. The lowest BCUT2D eigenvalue weighted by Gasteiger charge is -2.36. The van der Waals surface area contributed by atoms with E-state index in [0.717, 1.165) is 25.3 Å². The number of urea groups is 1. The molecule has 1 aromatic rings. The molecule has 2 saturated carbocycles. The normalized spacial score (nSPS) is 24.4. The second kappa shape index (κ2) is 7.37. The number of hydrogen-bond donors (Lipinski definition) is 1. The van der Waals surface area contributed by atoms with Gasteiger partial charge in [-0.15, -0.1) is 0 Å². The van der Waals surface area contributed by atoms with Gasteiger partial charge in [0.2, 0.25) is 0 Å². The van der Waals surface area contributed by atoms with E-state index in [0.29, 0.717) is 12.1 Å². The third kappa shape index (κ3) is 4.49. The zero-order chi connectivity index (χ0) is 16.2. The number of amides is 2. The van der Waals surface area contributed by atoms with Crippen LogP contribution in [0.15, 0.2) is 12.4 Å². The Labute approximate surface area is 139 Å². The maximum Gasteiger partial charge on any atom is 0.317 e. The summed E-state index contributed by atoms with van der Waals surface area (Å²) in [5.41, 5.74) is 1.24. The molecule has 0 saturated heterocycles. The van der Waals surface area contributed by atoms with E-state index in [1.165, 1.54) is 44.1 Å². The highest BCUT2D eigenvalue weighted by Gasteiger charge is 2.38. The van der Waals surface area contributed by atoms with E-state index >= 15 is 0 Å². The van der Waals surface area contributed by atoms with Gasteiger partial charge in [0.15, 0.2) is 0 Å². The summed E-state index contributed by atoms with van der Waals surface area (Å²) < 4.78 is 1.83. The minimum atomic E-state index is 0.165. The highest BCUT2D eigenvalue weighted by Crippen LogP contribution is 2.35. The molecule has 2 amide bonds. The fourth-order valence-corrected chi connectivity index (χ4v) is 3.68. The SMILES string of the molecule is CC1CCC(N(C(=O)NCCCc2cnn(C)c2)C2CC2)CC1. The van der Waals surface area contributed by atoms with Gasteiger partial charge in [-0.2, -0.15) is 5.10 Å². The summed E-state index contributed by atoms with van der Waals surface area (Å²) in [4.78, 5) is 14.8. The van der Waals surface area contributed by atoms with Gasteiger partial charge in [0.1, 0.15) is 0 Å². The predicted molar refractivity (Wildman–Crippen MR) is 91.2 cm³/mol. The zero-order valence-corrected chi connectivity index (χ0v) is 14.5. The van der Waals surface area contributed by atoms with Crippen molar-refractivity contribution in [3.63, 3.8) is 0 Å². The molecule has 0 spiro atoms. The molecule has 0 atom stereocenters. The highest BCUT2D eigenvalue weighted by molar-refractivity contribution is 5.75. The summed E-state index contributed by atoms with van der Waals surface area (Å²) in [7, 11) is 1.93. The molecular weight excluding hydrogens is 288 g/mol. The summed E-state index contributed by atoms with van der Waals surface area (Å²) in [6.45, 7) is 3.08. The van der Waals surface area contributed by atoms with Crippen LogP contribution in [0.3, 0.4) is 0 Å². The molecule has 23 heavy (non-hydrogen) atoms. The molecular formula is C18H30N4O. The summed E-state index contributed by atoms with van der Waals surface area (Å²) in [5.74, 6) is 0.829. The van der Waals surface area contributed by atoms with Crippen molar-refractivity contribution >= 4 is 6.03 Å². The van der Waals surface area contributed by atoms with Crippen LogP contribution in [0.25, 0.3) is 0 Å². The van der Waals surface area contributed by atoms with Crippen molar-refractivity contribution in [2.24, 2.45) is 13.0 Å². The van der Waals surface area contributed by atoms with Crippen molar-refractivity contribution in [2.75, 3.05) is 6.54 Å². The van der Waals surface area contributed by atoms with Crippen LogP contribution in [-0.2, 0) is 13.5 Å². The number of aryl methyl sites for hydroxylation is 2. The van der Waals surface area contributed by atoms with Crippen molar-refractivity contribution in [2.45, 2.75) is 70.4 Å². The molecule has 1 aromatic heterocycles. The number of hydrogen-bond acceptors (Lipinski definition) is 2. The topological polar surface area (TPSA) is 50.2 Å². The molecule has 5 heteroatoms. The smallest absolute Gasteiger partial charge is 0.317 e. The first-order valence-corrected chi connectivity index (χ1v) is 9.17. The Morgan fingerprint density at radius 3 is 2.48 bits per heavy atom. The van der Waals surface area contributed by atoms with Gasteiger partial charge in [-0.3, -0.25) is 4.68 Å². The maximum atomic E-state index is 12.6. The average molecular weight is 318 g/mol. The van der Waals surface area contributed by atoms with Crippen molar-refractivity contribution in [1.29, 1.82) is 0 Å². The molecule has 0 aliphatic heterocycles. The van der Waals surface area contributed by atoms with Gasteiger partial charge >= 0.3 is 6.03 Å². The lowest BCUT2D eigenvalue weighted by Crippen LogP contribution is -2.48. The Balaban J connectivity index is 1.43. The van der Waals surface area contributed by atoms with Crippen LogP contribution >= 0.6 is 0 Å². The monoisotopic (exact) mass is 318 g/mol. The van der Waals surface area contributed by atoms with Crippen molar-refractivity contribution in [1.82, 2.24) is 20.0 Å². The molecule has 5 nitrogen and oxygen atoms in total. The molecule has 128 valence electrons. The number of aromatic nitrogens is 2. The number of rotatable bonds is 6. The van der Waals surface area contributed by atoms with Crippen LogP contribution in [0, 0.1) is 5.92 Å². The van der Waals surface area contributed by atoms with Gasteiger partial charge in [0.25, 0.3) is 0 Å². The van der Waals surface area contributed by atoms with Gasteiger partial charge in [0.05, 0.1) is 6.20 Å². The summed E-state index contributed by atoms with van der Waals surface area (Å²) in [6, 6.07) is 1.14. The van der Waals surface area contributed by atoms with Gasteiger partial charge < -0.3 is 10.2 Å². The quantitative estimate of drug-likeness (QED) is 0.819. The maximum absolute atomic E-state index is 12.6. The first kappa shape index (κ1) is 16.3. The van der Waals surface area contributed by atoms with Crippen molar-refractivity contribution < 1.29 is 4.79 Å². The van der Waals surface area contributed by atoms with Crippen LogP contribution in [0.4, 0.5) is 4.79 Å². The van der Waals surface area contributed by atoms with Gasteiger partial charge in [0, 0.05) is 31.9 Å². The average Bonchev–Trinajstić information content (AvgIpc) is 3.28. The Kier molecular flexibility index (Phi) is 5.23. The molecule has 0 radical (unpaired) electrons. The largest absolute Gasteiger partial charge is 0.338 e. The van der Waals surface area contributed by atoms with Crippen LogP contribution in [0.1, 0.15) is 57.4 Å². The van der Waals surface area contributed by atoms with Crippen LogP contribution in [0.5, 0.6) is 0 Å². The second-order valence-corrected chi connectivity index (χ2v) is 7.41. The Bertz CT molecular complexity index is 515. The van der Waals surface area contributed by atoms with Crippen LogP contribution in [0.2, 0.25) is 0 Å². The first-order chi connectivity index (χ1) is 11.1. The Morgan fingerprint density at radius 2 is 1.91 bits per heavy atom. The van der Waals surface area contributed by atoms with Gasteiger partial charge in [-0.05, 0) is 62.8 Å². The molecule has 1 heterocycles. The summed E-state index contributed by atoms with van der Waals surface area (Å²) >= 11 is 0. The molecule has 0 aromatic carbocycles. The second-order valence-electron chi connectivity index (χ2n) is 7.41. The number of carbonyl (C=O) groups is 1. The molecule has 1 N–H and O–H groups in total. The van der Waals surface area contributed by atoms with Crippen LogP contribution in [-0.4, -0.2) is 39.3 Å². The van der Waals surface area contributed by atoms with Crippen molar-refractivity contribution in [3.05, 3.63) is 18.0 Å². The predicted octanol–water partition coefficient (Wildman–Crippen LogP) is 3.11. The van der Waals surface area contributed by atoms with Crippen molar-refractivity contribution in [3.8, 4) is 0 Å². The molecule has 0 unspecified atom stereocenters. The Hall–Kier alpha value is -1.52. The minimum Gasteiger partial charge on any atom is -0.338 e. The number of carbonyl (C=O) groups excluding carboxylic acids is 1. The third-order valence-electron chi connectivity index (χ3n) is 5.23. The van der Waals surface area contributed by atoms with E-state index in [4.69, 9.17) is 0 Å². The van der Waals surface area contributed by atoms with E-state index in [2.05, 4.69) is 22.2 Å². The van der Waals surface area contributed by atoms with Gasteiger partial charge in [-0.25, -0.2) is 4.79 Å². The van der Waals surface area contributed by atoms with E-state index in [1.807, 2.05) is 24.1 Å². The standard InChI is InChI=1S/C18H30N4O/c1-14-5-7-16(8-6-14)22(17-9-10-17)18(23)19-11-3-4-15-12-20-21(2)13-15/h12-14,16-17H,3-11H2,1-2H3,(H,19,23). The third-order valence-corrected chi connectivity index (χ3v) is 5.23. The van der Waals surface area contributed by atoms with E-state index < -0.39 is 0 Å². The van der Waals surface area contributed by atoms with E-state index in [-0.39, 0.29) is 6.03 Å². The first-order valence-electron chi connectivity index (χ1n) is 9.17. The molecule has 2 aliphatic rings. The fourth-order valence-electron chi connectivity index (χ4n) is 3.68. The lowest BCUT2D eigenvalue weighted by atomic mass is 9.86. The van der Waals surface area contributed by atoms with E-state index in [9.17, 15) is 4.79 Å². The minimum absolute atomic E-state index is 0.165. The molecule has 2 aliphatic carbocycles. The number of nitrogens with zero attached hydrogens (tertiary/aromatic N) is 3. The fraction of sp³-hybridized carbons (Fsp3) is 0.778. The van der Waals surface area contributed by atoms with Crippen LogP contribution < -0.4 is 5.32 Å². The molecule has 2 fully saturated rings. The van der Waals surface area contributed by atoms with E-state index in [1.54, 1.807) is 0 Å². The number of nitrogens with one attached hydrogen (secondary N) is 1. The zero-order valence-electron chi connectivity index (χ0n) is 14.5.